The molecule has 0 saturated heterocycles. The van der Waals surface area contributed by atoms with E-state index in [4.69, 9.17) is 21.1 Å². The lowest BCUT2D eigenvalue weighted by Crippen LogP contribution is -2.36. The van der Waals surface area contributed by atoms with Crippen molar-refractivity contribution in [3.63, 3.8) is 0 Å². The van der Waals surface area contributed by atoms with Gasteiger partial charge < -0.3 is 9.32 Å². The van der Waals surface area contributed by atoms with Crippen molar-refractivity contribution < 1.29 is 4.42 Å². The van der Waals surface area contributed by atoms with E-state index in [-0.39, 0.29) is 5.54 Å². The monoisotopic (exact) mass is 385 g/mol. The summed E-state index contributed by atoms with van der Waals surface area (Å²) in [6.45, 7) is 9.58. The SMILES string of the molecule is CCCN(C)C1(Cc2c(C)nn3c(-c4ccc(Cl)cc4C)c(C)oc23)CC1. The Morgan fingerprint density at radius 1 is 1.26 bits per heavy atom. The Kier molecular flexibility index (Phi) is 4.59. The molecule has 0 spiro atoms. The van der Waals surface area contributed by atoms with E-state index in [1.807, 2.05) is 23.6 Å². The summed E-state index contributed by atoms with van der Waals surface area (Å²) in [6, 6.07) is 5.98. The van der Waals surface area contributed by atoms with Crippen LogP contribution in [0.2, 0.25) is 5.02 Å². The lowest BCUT2D eigenvalue weighted by Gasteiger charge is -2.27. The number of aromatic nitrogens is 2. The van der Waals surface area contributed by atoms with Gasteiger partial charge in [0, 0.05) is 21.7 Å². The van der Waals surface area contributed by atoms with Gasteiger partial charge in [-0.1, -0.05) is 24.6 Å². The molecule has 5 heteroatoms. The van der Waals surface area contributed by atoms with Crippen molar-refractivity contribution in [1.82, 2.24) is 14.5 Å². The summed E-state index contributed by atoms with van der Waals surface area (Å²) in [6.07, 6.45) is 4.69. The fourth-order valence-electron chi connectivity index (χ4n) is 4.28. The molecule has 0 aliphatic heterocycles. The van der Waals surface area contributed by atoms with Gasteiger partial charge in [-0.15, -0.1) is 0 Å². The van der Waals surface area contributed by atoms with Crippen molar-refractivity contribution in [3.05, 3.63) is 45.8 Å². The van der Waals surface area contributed by atoms with E-state index in [1.165, 1.54) is 24.8 Å². The molecule has 1 saturated carbocycles. The molecule has 1 fully saturated rings. The van der Waals surface area contributed by atoms with Crippen LogP contribution >= 0.6 is 11.6 Å². The van der Waals surface area contributed by atoms with Crippen molar-refractivity contribution in [2.75, 3.05) is 13.6 Å². The van der Waals surface area contributed by atoms with Crippen LogP contribution in [0.5, 0.6) is 0 Å². The average Bonchev–Trinajstić information content (AvgIpc) is 3.26. The van der Waals surface area contributed by atoms with E-state index in [9.17, 15) is 0 Å². The lowest BCUT2D eigenvalue weighted by atomic mass is 10.0. The molecule has 4 rings (SSSR count). The highest BCUT2D eigenvalue weighted by atomic mass is 35.5. The van der Waals surface area contributed by atoms with E-state index in [0.29, 0.717) is 0 Å². The molecule has 0 atom stereocenters. The average molecular weight is 386 g/mol. The van der Waals surface area contributed by atoms with Gasteiger partial charge in [-0.2, -0.15) is 9.61 Å². The van der Waals surface area contributed by atoms with E-state index in [2.05, 4.69) is 38.8 Å². The molecular weight excluding hydrogens is 358 g/mol. The van der Waals surface area contributed by atoms with Crippen molar-refractivity contribution in [1.29, 1.82) is 0 Å². The van der Waals surface area contributed by atoms with E-state index in [1.54, 1.807) is 0 Å². The molecule has 2 heterocycles. The number of hydrogen-bond acceptors (Lipinski definition) is 3. The van der Waals surface area contributed by atoms with Crippen LogP contribution in [0.25, 0.3) is 17.0 Å². The Balaban J connectivity index is 1.78. The summed E-state index contributed by atoms with van der Waals surface area (Å²) in [4.78, 5) is 2.52. The number of benzene rings is 1. The zero-order chi connectivity index (χ0) is 19.3. The molecule has 3 aromatic rings. The number of fused-ring (bicyclic) bond motifs is 1. The van der Waals surface area contributed by atoms with Crippen LogP contribution in [0.15, 0.2) is 22.6 Å². The highest BCUT2D eigenvalue weighted by Crippen LogP contribution is 2.45. The molecular formula is C22H28ClN3O. The first-order chi connectivity index (χ1) is 12.9. The Bertz CT molecular complexity index is 997. The molecule has 1 aliphatic carbocycles. The molecule has 27 heavy (non-hydrogen) atoms. The quantitative estimate of drug-likeness (QED) is 0.554. The second-order valence-electron chi connectivity index (χ2n) is 8.07. The van der Waals surface area contributed by atoms with Gasteiger partial charge >= 0.3 is 0 Å². The van der Waals surface area contributed by atoms with E-state index < -0.39 is 0 Å². The summed E-state index contributed by atoms with van der Waals surface area (Å²) in [5, 5.41) is 5.61. The summed E-state index contributed by atoms with van der Waals surface area (Å²) in [5.41, 5.74) is 6.76. The van der Waals surface area contributed by atoms with Gasteiger partial charge in [0.15, 0.2) is 0 Å². The predicted octanol–water partition coefficient (Wildman–Crippen LogP) is 5.59. The molecule has 1 aliphatic rings. The van der Waals surface area contributed by atoms with Gasteiger partial charge in [-0.3, -0.25) is 0 Å². The van der Waals surface area contributed by atoms with E-state index in [0.717, 1.165) is 52.0 Å². The third-order valence-electron chi connectivity index (χ3n) is 6.08. The minimum Gasteiger partial charge on any atom is -0.441 e. The largest absolute Gasteiger partial charge is 0.441 e. The first kappa shape index (κ1) is 18.6. The predicted molar refractivity (Wildman–Crippen MR) is 111 cm³/mol. The fourth-order valence-corrected chi connectivity index (χ4v) is 4.50. The number of halogens is 1. The van der Waals surface area contributed by atoms with Crippen LogP contribution in [-0.2, 0) is 6.42 Å². The van der Waals surface area contributed by atoms with Crippen molar-refractivity contribution in [3.8, 4) is 11.3 Å². The molecule has 2 aromatic heterocycles. The van der Waals surface area contributed by atoms with Crippen molar-refractivity contribution in [2.45, 2.75) is 58.9 Å². The number of likely N-dealkylation sites (N-methyl/N-ethyl adjacent to an activating group) is 1. The van der Waals surface area contributed by atoms with Crippen LogP contribution in [0.1, 0.15) is 48.8 Å². The smallest absolute Gasteiger partial charge is 0.225 e. The number of nitrogens with zero attached hydrogens (tertiary/aromatic N) is 3. The van der Waals surface area contributed by atoms with Gasteiger partial charge in [0.2, 0.25) is 5.71 Å². The van der Waals surface area contributed by atoms with Gasteiger partial charge in [-0.25, -0.2) is 0 Å². The van der Waals surface area contributed by atoms with Crippen LogP contribution in [-0.4, -0.2) is 33.6 Å². The second-order valence-corrected chi connectivity index (χ2v) is 8.51. The van der Waals surface area contributed by atoms with Gasteiger partial charge in [0.05, 0.1) is 5.69 Å². The summed E-state index contributed by atoms with van der Waals surface area (Å²) >= 11 is 6.15. The number of aryl methyl sites for hydroxylation is 3. The molecule has 0 N–H and O–H groups in total. The lowest BCUT2D eigenvalue weighted by molar-refractivity contribution is 0.220. The Morgan fingerprint density at radius 3 is 2.63 bits per heavy atom. The minimum atomic E-state index is 0.279. The third-order valence-corrected chi connectivity index (χ3v) is 6.31. The minimum absolute atomic E-state index is 0.279. The summed E-state index contributed by atoms with van der Waals surface area (Å²) in [5.74, 6) is 0.899. The Hall–Kier alpha value is -1.78. The second kappa shape index (κ2) is 6.68. The maximum absolute atomic E-state index is 6.25. The Morgan fingerprint density at radius 2 is 2.00 bits per heavy atom. The Labute approximate surface area is 166 Å². The summed E-state index contributed by atoms with van der Waals surface area (Å²) < 4.78 is 8.25. The highest BCUT2D eigenvalue weighted by molar-refractivity contribution is 6.30. The highest BCUT2D eigenvalue weighted by Gasteiger charge is 2.47. The van der Waals surface area contributed by atoms with Gasteiger partial charge in [0.1, 0.15) is 11.5 Å². The van der Waals surface area contributed by atoms with Crippen molar-refractivity contribution >= 4 is 17.3 Å². The topological polar surface area (TPSA) is 33.7 Å². The molecule has 4 nitrogen and oxygen atoms in total. The molecule has 0 bridgehead atoms. The maximum atomic E-state index is 6.25. The number of oxazole rings is 1. The first-order valence-corrected chi connectivity index (χ1v) is 10.2. The van der Waals surface area contributed by atoms with Crippen LogP contribution in [0, 0.1) is 20.8 Å². The fraction of sp³-hybridized carbons (Fsp3) is 0.500. The van der Waals surface area contributed by atoms with Crippen LogP contribution in [0.3, 0.4) is 0 Å². The molecule has 0 amide bonds. The molecule has 144 valence electrons. The number of hydrogen-bond donors (Lipinski definition) is 0. The summed E-state index contributed by atoms with van der Waals surface area (Å²) in [7, 11) is 2.25. The van der Waals surface area contributed by atoms with Crippen LogP contribution in [0.4, 0.5) is 0 Å². The first-order valence-electron chi connectivity index (χ1n) is 9.81. The molecule has 0 radical (unpaired) electrons. The zero-order valence-electron chi connectivity index (χ0n) is 16.9. The van der Waals surface area contributed by atoms with Gasteiger partial charge in [-0.05, 0) is 77.7 Å². The molecule has 1 aromatic carbocycles. The maximum Gasteiger partial charge on any atom is 0.225 e. The van der Waals surface area contributed by atoms with Crippen LogP contribution < -0.4 is 0 Å². The normalized spacial score (nSPS) is 15.8. The number of rotatable bonds is 6. The molecule has 0 unspecified atom stereocenters. The third kappa shape index (κ3) is 3.09. The van der Waals surface area contributed by atoms with Crippen molar-refractivity contribution in [2.24, 2.45) is 0 Å². The van der Waals surface area contributed by atoms with Gasteiger partial charge in [0.25, 0.3) is 0 Å². The zero-order valence-corrected chi connectivity index (χ0v) is 17.7. The standard InChI is InChI=1S/C22H28ClN3O/c1-6-11-25(5)22(9-10-22)13-19-15(3)24-26-20(16(4)27-21(19)26)18-8-7-17(23)12-14(18)2/h7-8,12H,6,9-11,13H2,1-5H3. The van der Waals surface area contributed by atoms with E-state index >= 15 is 0 Å².